The van der Waals surface area contributed by atoms with Crippen LogP contribution in [-0.4, -0.2) is 11.1 Å². The number of benzene rings is 2. The van der Waals surface area contributed by atoms with Crippen molar-refractivity contribution in [3.63, 3.8) is 0 Å². The summed E-state index contributed by atoms with van der Waals surface area (Å²) in [6.45, 7) is -2.98. The number of nitrogens with one attached hydrogen (secondary N) is 1. The highest BCUT2D eigenvalue weighted by Crippen LogP contribution is 2.30. The molecular formula is C15H13ClFNO2. The molecule has 20 heavy (non-hydrogen) atoms. The number of hydrogen-bond acceptors (Lipinski definition) is 2. The van der Waals surface area contributed by atoms with Crippen LogP contribution in [0.5, 0.6) is 0 Å². The zero-order valence-corrected chi connectivity index (χ0v) is 10.6. The minimum Gasteiger partial charge on any atom is -0.481 e. The summed E-state index contributed by atoms with van der Waals surface area (Å²) in [7, 11) is 0. The van der Waals surface area contributed by atoms with E-state index in [9.17, 15) is 9.18 Å². The average molecular weight is 303 g/mol. The van der Waals surface area contributed by atoms with Crippen LogP contribution in [0, 0.1) is 12.7 Å². The second-order valence-corrected chi connectivity index (χ2v) is 4.05. The van der Waals surface area contributed by atoms with Gasteiger partial charge in [-0.15, -0.1) is 0 Å². The van der Waals surface area contributed by atoms with Crippen LogP contribution in [0.3, 0.4) is 0 Å². The lowest BCUT2D eigenvalue weighted by molar-refractivity contribution is -0.136. The highest BCUT2D eigenvalue weighted by atomic mass is 35.5. The number of carboxylic acid groups (broad SMARTS) is 1. The maximum atomic E-state index is 14.5. The van der Waals surface area contributed by atoms with Crippen molar-refractivity contribution in [2.75, 3.05) is 5.32 Å². The first-order valence-corrected chi connectivity index (χ1v) is 5.64. The highest BCUT2D eigenvalue weighted by molar-refractivity contribution is 6.33. The second kappa shape index (κ2) is 5.92. The number of hydrogen-bond donors (Lipinski definition) is 2. The molecule has 0 aromatic heterocycles. The Morgan fingerprint density at radius 2 is 2.30 bits per heavy atom. The number of halogens is 2. The molecule has 2 aromatic rings. The number of carbonyl (C=O) groups is 1. The number of rotatable bonds is 4. The summed E-state index contributed by atoms with van der Waals surface area (Å²) >= 11 is 5.86. The molecule has 0 amide bonds. The minimum absolute atomic E-state index is 0.506. The summed E-state index contributed by atoms with van der Waals surface area (Å²) in [5.74, 6) is -2.85. The molecule has 0 bridgehead atoms. The van der Waals surface area contributed by atoms with E-state index in [1.807, 2.05) is 0 Å². The fourth-order valence-electron chi connectivity index (χ4n) is 1.43. The van der Waals surface area contributed by atoms with E-state index >= 15 is 0 Å². The van der Waals surface area contributed by atoms with Gasteiger partial charge in [0, 0.05) is 9.80 Å². The van der Waals surface area contributed by atoms with Crippen molar-refractivity contribution in [2.24, 2.45) is 0 Å². The van der Waals surface area contributed by atoms with Crippen molar-refractivity contribution in [2.45, 2.75) is 13.3 Å². The maximum Gasteiger partial charge on any atom is 0.307 e. The monoisotopic (exact) mass is 302 g/mol. The summed E-state index contributed by atoms with van der Waals surface area (Å²) < 4.78 is 83.6. The largest absolute Gasteiger partial charge is 0.481 e. The fourth-order valence-corrected chi connectivity index (χ4v) is 1.61. The Labute approximate surface area is 133 Å². The quantitative estimate of drug-likeness (QED) is 0.891. The third-order valence-corrected chi connectivity index (χ3v) is 2.54. The first-order valence-electron chi connectivity index (χ1n) is 9.76. The first-order chi connectivity index (χ1) is 13.2. The molecule has 5 heteroatoms. The molecular weight excluding hydrogens is 281 g/mol. The second-order valence-electron chi connectivity index (χ2n) is 3.68. The van der Waals surface area contributed by atoms with Crippen LogP contribution in [0.25, 0.3) is 0 Å². The van der Waals surface area contributed by atoms with E-state index in [-0.39, 0.29) is 0 Å². The van der Waals surface area contributed by atoms with Crippen LogP contribution in [0.4, 0.5) is 15.8 Å². The van der Waals surface area contributed by atoms with Gasteiger partial charge < -0.3 is 10.4 Å². The molecule has 0 radical (unpaired) electrons. The Bertz CT molecular complexity index is 998. The van der Waals surface area contributed by atoms with E-state index in [2.05, 4.69) is 5.32 Å². The SMILES string of the molecule is [2H]c1c([2H])c(F)c(Nc2c([2H])c([2H])c(C([2H])([2H])[2H])c([2H])c2CC(=O)O)c(Cl)c1[2H]. The van der Waals surface area contributed by atoms with Gasteiger partial charge in [-0.1, -0.05) is 35.3 Å². The molecule has 0 saturated carbocycles. The lowest BCUT2D eigenvalue weighted by atomic mass is 10.1. The van der Waals surface area contributed by atoms with Crippen LogP contribution in [0.1, 0.15) is 23.5 Å². The normalized spacial score (nSPS) is 17.4. The van der Waals surface area contributed by atoms with Crippen molar-refractivity contribution in [1.82, 2.24) is 0 Å². The molecule has 2 rings (SSSR count). The standard InChI is InChI=1S/C15H13ClFNO2/c1-9-5-6-13(10(7-9)8-14(19)20)18-15-11(16)3-2-4-12(15)17/h2-7,18H,8H2,1H3,(H,19,20)/i1D3,2D,3D,4D,5D,6D,7D. The summed E-state index contributed by atoms with van der Waals surface area (Å²) in [6.07, 6.45) is -0.923. The zero-order valence-electron chi connectivity index (χ0n) is 18.8. The van der Waals surface area contributed by atoms with E-state index in [1.54, 1.807) is 0 Å². The van der Waals surface area contributed by atoms with Gasteiger partial charge in [0.15, 0.2) is 0 Å². The van der Waals surface area contributed by atoms with Gasteiger partial charge in [0.05, 0.1) is 25.4 Å². The topological polar surface area (TPSA) is 49.3 Å². The van der Waals surface area contributed by atoms with Crippen LogP contribution in [-0.2, 0) is 11.2 Å². The Hall–Kier alpha value is -2.07. The van der Waals surface area contributed by atoms with Crippen LogP contribution < -0.4 is 5.32 Å². The van der Waals surface area contributed by atoms with E-state index in [0.29, 0.717) is 0 Å². The number of anilines is 2. The minimum atomic E-state index is -2.98. The Morgan fingerprint density at radius 1 is 1.50 bits per heavy atom. The number of para-hydroxylation sites is 1. The average Bonchev–Trinajstić information content (AvgIpc) is 2.60. The van der Waals surface area contributed by atoms with Crippen molar-refractivity contribution in [3.05, 3.63) is 58.2 Å². The number of aliphatic carboxylic acids is 1. The van der Waals surface area contributed by atoms with Gasteiger partial charge in [-0.25, -0.2) is 4.39 Å². The fraction of sp³-hybridized carbons (Fsp3) is 0.133. The van der Waals surface area contributed by atoms with Crippen LogP contribution in [0.15, 0.2) is 36.3 Å². The molecule has 0 saturated heterocycles. The summed E-state index contributed by atoms with van der Waals surface area (Å²) in [4.78, 5) is 11.2. The molecule has 0 atom stereocenters. The van der Waals surface area contributed by atoms with Gasteiger partial charge in [-0.05, 0) is 30.5 Å². The Balaban J connectivity index is 2.86. The summed E-state index contributed by atoms with van der Waals surface area (Å²) in [6, 6.07) is -5.03. The van der Waals surface area contributed by atoms with E-state index in [4.69, 9.17) is 29.0 Å². The first kappa shape index (κ1) is 6.59. The molecule has 3 nitrogen and oxygen atoms in total. The smallest absolute Gasteiger partial charge is 0.307 e. The third-order valence-electron chi connectivity index (χ3n) is 2.25. The van der Waals surface area contributed by atoms with Crippen LogP contribution >= 0.6 is 11.6 Å². The molecule has 0 spiro atoms. The summed E-state index contributed by atoms with van der Waals surface area (Å²) in [5.41, 5.74) is -2.63. The van der Waals surface area contributed by atoms with Gasteiger partial charge in [0.25, 0.3) is 0 Å². The maximum absolute atomic E-state index is 14.5. The predicted molar refractivity (Wildman–Crippen MR) is 77.2 cm³/mol. The van der Waals surface area contributed by atoms with Gasteiger partial charge >= 0.3 is 5.97 Å². The Morgan fingerprint density at radius 3 is 3.00 bits per heavy atom. The van der Waals surface area contributed by atoms with Crippen LogP contribution in [0.2, 0.25) is 5.02 Å². The van der Waals surface area contributed by atoms with Gasteiger partial charge in [0.1, 0.15) is 5.82 Å². The zero-order chi connectivity index (χ0) is 22.4. The van der Waals surface area contributed by atoms with Crippen molar-refractivity contribution in [3.8, 4) is 0 Å². The van der Waals surface area contributed by atoms with Crippen molar-refractivity contribution in [1.29, 1.82) is 0 Å². The molecule has 0 fully saturated rings. The molecule has 0 aliphatic heterocycles. The Kier molecular flexibility index (Phi) is 1.95. The molecule has 104 valence electrons. The molecule has 2 N–H and O–H groups in total. The van der Waals surface area contributed by atoms with Crippen molar-refractivity contribution < 1.29 is 26.6 Å². The molecule has 0 unspecified atom stereocenters. The molecule has 2 aromatic carbocycles. The molecule has 0 heterocycles. The van der Waals surface area contributed by atoms with Gasteiger partial charge in [-0.2, -0.15) is 0 Å². The van der Waals surface area contributed by atoms with E-state index < -0.39 is 88.8 Å². The highest BCUT2D eigenvalue weighted by Gasteiger charge is 2.11. The lowest BCUT2D eigenvalue weighted by Crippen LogP contribution is -2.05. The molecule has 0 aliphatic carbocycles. The van der Waals surface area contributed by atoms with Gasteiger partial charge in [0.2, 0.25) is 0 Å². The van der Waals surface area contributed by atoms with Crippen molar-refractivity contribution >= 4 is 28.9 Å². The lowest BCUT2D eigenvalue weighted by Gasteiger charge is -2.13. The third kappa shape index (κ3) is 3.27. The van der Waals surface area contributed by atoms with E-state index in [0.717, 1.165) is 0 Å². The summed E-state index contributed by atoms with van der Waals surface area (Å²) in [5, 5.41) is 10.7. The van der Waals surface area contributed by atoms with Gasteiger partial charge in [-0.3, -0.25) is 4.79 Å². The predicted octanol–water partition coefficient (Wildman–Crippen LogP) is 4.16. The van der Waals surface area contributed by atoms with E-state index in [1.165, 1.54) is 0 Å². The number of carboxylic acids is 1. The molecule has 0 aliphatic rings.